The molecular formula is C13H18N2OS. The molecule has 0 fully saturated rings. The topological polar surface area (TPSA) is 55.1 Å². The molecule has 1 aliphatic rings. The Hall–Kier alpha value is -1.00. The first-order valence-corrected chi connectivity index (χ1v) is 6.76. The number of amides is 1. The monoisotopic (exact) mass is 250 g/mol. The van der Waals surface area contributed by atoms with Crippen LogP contribution in [-0.2, 0) is 4.79 Å². The van der Waals surface area contributed by atoms with Crippen LogP contribution >= 0.6 is 11.8 Å². The van der Waals surface area contributed by atoms with Gasteiger partial charge in [-0.3, -0.25) is 4.79 Å². The summed E-state index contributed by atoms with van der Waals surface area (Å²) in [4.78, 5) is 13.4. The van der Waals surface area contributed by atoms with Crippen LogP contribution in [0.25, 0.3) is 0 Å². The predicted octanol–water partition coefficient (Wildman–Crippen LogP) is 1.73. The fraction of sp³-hybridized carbons (Fsp3) is 0.462. The summed E-state index contributed by atoms with van der Waals surface area (Å²) in [5, 5.41) is 3.01. The van der Waals surface area contributed by atoms with Gasteiger partial charge in [0.2, 0.25) is 5.91 Å². The molecule has 1 aromatic carbocycles. The molecule has 1 atom stereocenters. The molecule has 1 heterocycles. The van der Waals surface area contributed by atoms with Gasteiger partial charge >= 0.3 is 0 Å². The summed E-state index contributed by atoms with van der Waals surface area (Å²) >= 11 is 1.75. The zero-order valence-electron chi connectivity index (χ0n) is 10.2. The normalized spacial score (nSPS) is 18.9. The first-order valence-electron chi connectivity index (χ1n) is 5.77. The molecule has 0 saturated carbocycles. The number of carbonyl (C=O) groups excluding carboxylic acids is 1. The Morgan fingerprint density at radius 3 is 2.94 bits per heavy atom. The minimum Gasteiger partial charge on any atom is -0.349 e. The fourth-order valence-corrected chi connectivity index (χ4v) is 3.08. The van der Waals surface area contributed by atoms with Crippen LogP contribution in [0.5, 0.6) is 0 Å². The van der Waals surface area contributed by atoms with Gasteiger partial charge in [-0.1, -0.05) is 18.2 Å². The second kappa shape index (κ2) is 4.70. The molecule has 3 N–H and O–H groups in total. The SMILES string of the molecule is CC(C)(CN)NC(=O)C1CSc2ccccc21. The highest BCUT2D eigenvalue weighted by molar-refractivity contribution is 7.99. The molecule has 0 spiro atoms. The summed E-state index contributed by atoms with van der Waals surface area (Å²) in [5.74, 6) is 0.867. The lowest BCUT2D eigenvalue weighted by atomic mass is 9.98. The van der Waals surface area contributed by atoms with E-state index in [9.17, 15) is 4.79 Å². The molecule has 2 rings (SSSR count). The van der Waals surface area contributed by atoms with Crippen molar-refractivity contribution < 1.29 is 4.79 Å². The second-order valence-electron chi connectivity index (χ2n) is 4.98. The number of nitrogens with one attached hydrogen (secondary N) is 1. The molecule has 1 unspecified atom stereocenters. The number of hydrogen-bond acceptors (Lipinski definition) is 3. The van der Waals surface area contributed by atoms with Crippen LogP contribution in [0.1, 0.15) is 25.3 Å². The molecule has 4 heteroatoms. The van der Waals surface area contributed by atoms with E-state index in [0.29, 0.717) is 6.54 Å². The maximum Gasteiger partial charge on any atom is 0.228 e. The minimum atomic E-state index is -0.334. The van der Waals surface area contributed by atoms with Gasteiger partial charge in [0.1, 0.15) is 0 Å². The van der Waals surface area contributed by atoms with Crippen molar-refractivity contribution in [3.8, 4) is 0 Å². The van der Waals surface area contributed by atoms with Gasteiger partial charge in [-0.2, -0.15) is 0 Å². The molecule has 0 bridgehead atoms. The van der Waals surface area contributed by atoms with Gasteiger partial charge in [-0.05, 0) is 25.5 Å². The molecule has 0 saturated heterocycles. The quantitative estimate of drug-likeness (QED) is 0.859. The third-order valence-corrected chi connectivity index (χ3v) is 4.17. The Balaban J connectivity index is 2.13. The third kappa shape index (κ3) is 2.64. The van der Waals surface area contributed by atoms with Crippen LogP contribution < -0.4 is 11.1 Å². The number of thioether (sulfide) groups is 1. The molecule has 1 aromatic rings. The summed E-state index contributed by atoms with van der Waals surface area (Å²) in [6, 6.07) is 8.10. The number of carbonyl (C=O) groups is 1. The lowest BCUT2D eigenvalue weighted by molar-refractivity contribution is -0.123. The molecule has 1 amide bonds. The molecule has 0 radical (unpaired) electrons. The Bertz CT molecular complexity index is 431. The zero-order chi connectivity index (χ0) is 12.5. The highest BCUT2D eigenvalue weighted by Gasteiger charge is 2.31. The van der Waals surface area contributed by atoms with E-state index < -0.39 is 0 Å². The minimum absolute atomic E-state index is 0.0398. The van der Waals surface area contributed by atoms with E-state index in [1.54, 1.807) is 11.8 Å². The van der Waals surface area contributed by atoms with Gasteiger partial charge < -0.3 is 11.1 Å². The number of benzene rings is 1. The van der Waals surface area contributed by atoms with Gasteiger partial charge in [0.25, 0.3) is 0 Å². The van der Waals surface area contributed by atoms with E-state index in [2.05, 4.69) is 11.4 Å². The lowest BCUT2D eigenvalue weighted by Gasteiger charge is -2.26. The first-order chi connectivity index (χ1) is 8.03. The molecule has 92 valence electrons. The fourth-order valence-electron chi connectivity index (χ4n) is 1.85. The summed E-state index contributed by atoms with van der Waals surface area (Å²) in [6.45, 7) is 4.33. The number of fused-ring (bicyclic) bond motifs is 1. The average Bonchev–Trinajstić information content (AvgIpc) is 2.72. The maximum absolute atomic E-state index is 12.2. The number of nitrogens with two attached hydrogens (primary N) is 1. The van der Waals surface area contributed by atoms with Crippen molar-refractivity contribution in [1.29, 1.82) is 0 Å². The van der Waals surface area contributed by atoms with Crippen molar-refractivity contribution >= 4 is 17.7 Å². The Kier molecular flexibility index (Phi) is 3.45. The molecule has 17 heavy (non-hydrogen) atoms. The Morgan fingerprint density at radius 2 is 2.24 bits per heavy atom. The average molecular weight is 250 g/mol. The summed E-state index contributed by atoms with van der Waals surface area (Å²) in [6.07, 6.45) is 0. The van der Waals surface area contributed by atoms with Gasteiger partial charge in [0.15, 0.2) is 0 Å². The largest absolute Gasteiger partial charge is 0.349 e. The highest BCUT2D eigenvalue weighted by Crippen LogP contribution is 2.39. The van der Waals surface area contributed by atoms with Crippen molar-refractivity contribution in [2.75, 3.05) is 12.3 Å². The van der Waals surface area contributed by atoms with E-state index in [4.69, 9.17) is 5.73 Å². The standard InChI is InChI=1S/C13H18N2OS/c1-13(2,8-14)15-12(16)10-7-17-11-6-4-3-5-9(10)11/h3-6,10H,7-8,14H2,1-2H3,(H,15,16). The van der Waals surface area contributed by atoms with Gasteiger partial charge in [0.05, 0.1) is 5.92 Å². The van der Waals surface area contributed by atoms with Crippen LogP contribution in [-0.4, -0.2) is 23.7 Å². The third-order valence-electron chi connectivity index (χ3n) is 2.99. The predicted molar refractivity (Wildman–Crippen MR) is 71.2 cm³/mol. The highest BCUT2D eigenvalue weighted by atomic mass is 32.2. The molecule has 1 aliphatic heterocycles. The molecule has 3 nitrogen and oxygen atoms in total. The molecule has 0 aliphatic carbocycles. The summed E-state index contributed by atoms with van der Waals surface area (Å²) in [7, 11) is 0. The first kappa shape index (κ1) is 12.5. The Labute approximate surface area is 106 Å². The van der Waals surface area contributed by atoms with Crippen molar-refractivity contribution in [1.82, 2.24) is 5.32 Å². The van der Waals surface area contributed by atoms with Crippen LogP contribution in [0.4, 0.5) is 0 Å². The van der Waals surface area contributed by atoms with Crippen molar-refractivity contribution in [3.63, 3.8) is 0 Å². The van der Waals surface area contributed by atoms with E-state index >= 15 is 0 Å². The van der Waals surface area contributed by atoms with E-state index in [-0.39, 0.29) is 17.4 Å². The second-order valence-corrected chi connectivity index (χ2v) is 6.04. The van der Waals surface area contributed by atoms with E-state index in [0.717, 1.165) is 11.3 Å². The van der Waals surface area contributed by atoms with Crippen molar-refractivity contribution in [2.45, 2.75) is 30.2 Å². The number of rotatable bonds is 3. The van der Waals surface area contributed by atoms with Crippen LogP contribution in [0.3, 0.4) is 0 Å². The van der Waals surface area contributed by atoms with Gasteiger partial charge in [-0.25, -0.2) is 0 Å². The molecule has 0 aromatic heterocycles. The van der Waals surface area contributed by atoms with Crippen molar-refractivity contribution in [2.24, 2.45) is 5.73 Å². The van der Waals surface area contributed by atoms with E-state index in [1.165, 1.54) is 4.90 Å². The van der Waals surface area contributed by atoms with Crippen LogP contribution in [0.15, 0.2) is 29.2 Å². The zero-order valence-corrected chi connectivity index (χ0v) is 11.0. The Morgan fingerprint density at radius 1 is 1.53 bits per heavy atom. The lowest BCUT2D eigenvalue weighted by Crippen LogP contribution is -2.50. The van der Waals surface area contributed by atoms with E-state index in [1.807, 2.05) is 32.0 Å². The maximum atomic E-state index is 12.2. The van der Waals surface area contributed by atoms with Crippen molar-refractivity contribution in [3.05, 3.63) is 29.8 Å². The summed E-state index contributed by atoms with van der Waals surface area (Å²) in [5.41, 5.74) is 6.44. The number of hydrogen-bond donors (Lipinski definition) is 2. The molecular weight excluding hydrogens is 232 g/mol. The van der Waals surface area contributed by atoms with Gasteiger partial charge in [0, 0.05) is 22.7 Å². The summed E-state index contributed by atoms with van der Waals surface area (Å²) < 4.78 is 0. The van der Waals surface area contributed by atoms with Crippen LogP contribution in [0, 0.1) is 0 Å². The van der Waals surface area contributed by atoms with Crippen LogP contribution in [0.2, 0.25) is 0 Å². The smallest absolute Gasteiger partial charge is 0.228 e. The van der Waals surface area contributed by atoms with Gasteiger partial charge in [-0.15, -0.1) is 11.8 Å².